The number of aliphatic carboxylic acids is 1. The quantitative estimate of drug-likeness (QED) is 0.841. The molecule has 1 saturated heterocycles. The Labute approximate surface area is 105 Å². The molecular weight excluding hydrogens is 234 g/mol. The van der Waals surface area contributed by atoms with E-state index in [9.17, 15) is 14.7 Å². The van der Waals surface area contributed by atoms with E-state index in [-0.39, 0.29) is 11.8 Å². The van der Waals surface area contributed by atoms with Crippen LogP contribution in [0.5, 0.6) is 0 Å². The van der Waals surface area contributed by atoms with Gasteiger partial charge in [-0.2, -0.15) is 0 Å². The van der Waals surface area contributed by atoms with Gasteiger partial charge in [0.25, 0.3) is 5.91 Å². The van der Waals surface area contributed by atoms with Gasteiger partial charge in [-0.15, -0.1) is 0 Å². The zero-order chi connectivity index (χ0) is 13.3. The summed E-state index contributed by atoms with van der Waals surface area (Å²) in [5, 5.41) is 9.26. The van der Waals surface area contributed by atoms with Gasteiger partial charge in [0.15, 0.2) is 0 Å². The molecule has 0 aromatic carbocycles. The Morgan fingerprint density at radius 3 is 2.78 bits per heavy atom. The number of likely N-dealkylation sites (tertiary alicyclic amines) is 1. The highest BCUT2D eigenvalue weighted by Gasteiger charge is 2.37. The van der Waals surface area contributed by atoms with Gasteiger partial charge in [-0.1, -0.05) is 6.92 Å². The molecule has 0 aliphatic carbocycles. The number of imidazole rings is 1. The highest BCUT2D eigenvalue weighted by atomic mass is 16.4. The number of carbonyl (C=O) groups excluding carboxylic acids is 1. The number of amides is 1. The molecule has 1 aliphatic heterocycles. The summed E-state index contributed by atoms with van der Waals surface area (Å²) in [7, 11) is 1.78. The zero-order valence-electron chi connectivity index (χ0n) is 10.5. The van der Waals surface area contributed by atoms with E-state index in [2.05, 4.69) is 4.98 Å². The molecule has 0 saturated carbocycles. The predicted molar refractivity (Wildman–Crippen MR) is 64.1 cm³/mol. The number of rotatable bonds is 2. The first kappa shape index (κ1) is 12.6. The van der Waals surface area contributed by atoms with Gasteiger partial charge < -0.3 is 14.6 Å². The van der Waals surface area contributed by atoms with Crippen LogP contribution in [0.25, 0.3) is 0 Å². The fraction of sp³-hybridized carbons (Fsp3) is 0.583. The first-order chi connectivity index (χ1) is 8.50. The van der Waals surface area contributed by atoms with Crippen LogP contribution >= 0.6 is 0 Å². The summed E-state index contributed by atoms with van der Waals surface area (Å²) in [4.78, 5) is 29.0. The summed E-state index contributed by atoms with van der Waals surface area (Å²) in [6, 6.07) is -0.742. The van der Waals surface area contributed by atoms with Crippen LogP contribution in [0.1, 0.15) is 30.3 Å². The van der Waals surface area contributed by atoms with Gasteiger partial charge in [0, 0.05) is 19.8 Å². The number of aromatic nitrogens is 2. The van der Waals surface area contributed by atoms with E-state index in [1.54, 1.807) is 17.8 Å². The third-order valence-electron chi connectivity index (χ3n) is 3.37. The van der Waals surface area contributed by atoms with Crippen LogP contribution in [0, 0.1) is 5.92 Å². The lowest BCUT2D eigenvalue weighted by Gasteiger charge is -2.36. The Morgan fingerprint density at radius 1 is 1.50 bits per heavy atom. The van der Waals surface area contributed by atoms with Gasteiger partial charge in [0.1, 0.15) is 11.7 Å². The lowest BCUT2D eigenvalue weighted by molar-refractivity contribution is -0.145. The Hall–Kier alpha value is -1.85. The van der Waals surface area contributed by atoms with E-state index in [1.807, 2.05) is 6.92 Å². The van der Waals surface area contributed by atoms with Crippen molar-refractivity contribution in [3.63, 3.8) is 0 Å². The molecule has 0 radical (unpaired) electrons. The minimum atomic E-state index is -0.938. The molecule has 1 amide bonds. The van der Waals surface area contributed by atoms with Crippen molar-refractivity contribution < 1.29 is 14.7 Å². The van der Waals surface area contributed by atoms with Crippen molar-refractivity contribution >= 4 is 11.9 Å². The van der Waals surface area contributed by atoms with Crippen molar-refractivity contribution in [3.8, 4) is 0 Å². The normalized spacial score (nSPS) is 24.0. The van der Waals surface area contributed by atoms with E-state index >= 15 is 0 Å². The summed E-state index contributed by atoms with van der Waals surface area (Å²) < 4.78 is 1.68. The molecule has 98 valence electrons. The molecule has 0 spiro atoms. The summed E-state index contributed by atoms with van der Waals surface area (Å²) >= 11 is 0. The molecule has 2 rings (SSSR count). The number of nitrogens with zero attached hydrogens (tertiary/aromatic N) is 3. The van der Waals surface area contributed by atoms with Crippen molar-refractivity contribution in [3.05, 3.63) is 18.2 Å². The summed E-state index contributed by atoms with van der Waals surface area (Å²) in [5.41, 5.74) is 0.304. The average Bonchev–Trinajstić information content (AvgIpc) is 2.74. The third-order valence-corrected chi connectivity index (χ3v) is 3.37. The van der Waals surface area contributed by atoms with Crippen LogP contribution in [0.3, 0.4) is 0 Å². The van der Waals surface area contributed by atoms with E-state index in [0.29, 0.717) is 12.2 Å². The Kier molecular flexibility index (Phi) is 3.36. The molecular formula is C12H17N3O3. The lowest BCUT2D eigenvalue weighted by atomic mass is 9.90. The lowest BCUT2D eigenvalue weighted by Crippen LogP contribution is -2.52. The highest BCUT2D eigenvalue weighted by Crippen LogP contribution is 2.24. The van der Waals surface area contributed by atoms with Crippen molar-refractivity contribution in [2.24, 2.45) is 13.0 Å². The second-order valence-corrected chi connectivity index (χ2v) is 4.83. The fourth-order valence-corrected chi connectivity index (χ4v) is 2.46. The molecule has 6 nitrogen and oxygen atoms in total. The number of carbonyl (C=O) groups is 2. The van der Waals surface area contributed by atoms with E-state index in [4.69, 9.17) is 0 Å². The maximum atomic E-state index is 12.3. The van der Waals surface area contributed by atoms with Crippen molar-refractivity contribution in [1.82, 2.24) is 14.5 Å². The van der Waals surface area contributed by atoms with E-state index in [1.165, 1.54) is 11.2 Å². The number of hydrogen-bond acceptors (Lipinski definition) is 3. The maximum absolute atomic E-state index is 12.3. The zero-order valence-corrected chi connectivity index (χ0v) is 10.5. The molecule has 6 heteroatoms. The van der Waals surface area contributed by atoms with Crippen molar-refractivity contribution in [2.75, 3.05) is 6.54 Å². The third kappa shape index (κ3) is 2.23. The largest absolute Gasteiger partial charge is 0.480 e. The summed E-state index contributed by atoms with van der Waals surface area (Å²) in [5.74, 6) is -1.26. The van der Waals surface area contributed by atoms with Gasteiger partial charge in [-0.3, -0.25) is 4.79 Å². The molecule has 18 heavy (non-hydrogen) atoms. The molecule has 2 unspecified atom stereocenters. The fourth-order valence-electron chi connectivity index (χ4n) is 2.46. The molecule has 2 atom stereocenters. The van der Waals surface area contributed by atoms with E-state index in [0.717, 1.165) is 12.8 Å². The minimum absolute atomic E-state index is 0.0242. The topological polar surface area (TPSA) is 75.4 Å². The second-order valence-electron chi connectivity index (χ2n) is 4.83. The van der Waals surface area contributed by atoms with Gasteiger partial charge in [0.2, 0.25) is 0 Å². The van der Waals surface area contributed by atoms with Crippen LogP contribution in [-0.2, 0) is 11.8 Å². The molecule has 1 aliphatic rings. The standard InChI is InChI=1S/C12H17N3O3/c1-8-4-3-5-15(10(8)12(17)18)11(16)9-6-14(2)7-13-9/h6-8,10H,3-5H2,1-2H3,(H,17,18). The number of aryl methyl sites for hydroxylation is 1. The van der Waals surface area contributed by atoms with Gasteiger partial charge >= 0.3 is 5.97 Å². The van der Waals surface area contributed by atoms with Crippen LogP contribution in [0.4, 0.5) is 0 Å². The van der Waals surface area contributed by atoms with Gasteiger partial charge in [-0.05, 0) is 18.8 Å². The highest BCUT2D eigenvalue weighted by molar-refractivity contribution is 5.95. The Bertz CT molecular complexity index is 469. The number of carboxylic acids is 1. The molecule has 1 aromatic rings. The maximum Gasteiger partial charge on any atom is 0.326 e. The van der Waals surface area contributed by atoms with Gasteiger partial charge in [-0.25, -0.2) is 9.78 Å². The molecule has 0 bridgehead atoms. The van der Waals surface area contributed by atoms with Crippen LogP contribution in [0.2, 0.25) is 0 Å². The molecule has 1 N–H and O–H groups in total. The van der Waals surface area contributed by atoms with Crippen LogP contribution in [0.15, 0.2) is 12.5 Å². The first-order valence-corrected chi connectivity index (χ1v) is 6.02. The number of hydrogen-bond donors (Lipinski definition) is 1. The monoisotopic (exact) mass is 251 g/mol. The molecule has 1 aromatic heterocycles. The SMILES string of the molecule is CC1CCCN(C(=O)c2cn(C)cn2)C1C(=O)O. The smallest absolute Gasteiger partial charge is 0.326 e. The van der Waals surface area contributed by atoms with Crippen molar-refractivity contribution in [1.29, 1.82) is 0 Å². The number of carboxylic acid groups (broad SMARTS) is 1. The van der Waals surface area contributed by atoms with E-state index < -0.39 is 12.0 Å². The summed E-state index contributed by atoms with van der Waals surface area (Å²) in [6.45, 7) is 2.35. The molecule has 2 heterocycles. The molecule has 1 fully saturated rings. The number of piperidine rings is 1. The Balaban J connectivity index is 2.24. The average molecular weight is 251 g/mol. The first-order valence-electron chi connectivity index (χ1n) is 6.02. The predicted octanol–water partition coefficient (Wildman–Crippen LogP) is 0.745. The second kappa shape index (κ2) is 4.80. The summed E-state index contributed by atoms with van der Waals surface area (Å²) in [6.07, 6.45) is 4.82. The Morgan fingerprint density at radius 2 is 2.22 bits per heavy atom. The van der Waals surface area contributed by atoms with Crippen LogP contribution < -0.4 is 0 Å². The van der Waals surface area contributed by atoms with Gasteiger partial charge in [0.05, 0.1) is 6.33 Å². The van der Waals surface area contributed by atoms with Crippen LogP contribution in [-0.4, -0.2) is 44.0 Å². The van der Waals surface area contributed by atoms with Crippen molar-refractivity contribution in [2.45, 2.75) is 25.8 Å². The minimum Gasteiger partial charge on any atom is -0.480 e.